The number of aromatic nitrogens is 4. The Bertz CT molecular complexity index is 995. The lowest BCUT2D eigenvalue weighted by molar-refractivity contribution is -0.192. The number of nitrogens with zero attached hydrogens (tertiary/aromatic N) is 3. The molecule has 29 heavy (non-hydrogen) atoms. The van der Waals surface area contributed by atoms with Crippen LogP contribution in [0, 0.1) is 0 Å². The molecule has 0 radical (unpaired) electrons. The molecular formula is C16H10BrF3N4O4S. The number of aromatic carboxylic acids is 1. The molecule has 0 amide bonds. The number of halogens is 4. The van der Waals surface area contributed by atoms with E-state index in [2.05, 4.69) is 36.3 Å². The van der Waals surface area contributed by atoms with Gasteiger partial charge in [0.15, 0.2) is 5.03 Å². The number of carboxylic acids is 2. The van der Waals surface area contributed by atoms with Crippen LogP contribution in [0.1, 0.15) is 10.5 Å². The highest BCUT2D eigenvalue weighted by atomic mass is 79.9. The second-order valence-corrected chi connectivity index (χ2v) is 7.00. The molecule has 3 aromatic rings. The minimum Gasteiger partial charge on any atom is -0.476 e. The van der Waals surface area contributed by atoms with Crippen molar-refractivity contribution in [2.75, 3.05) is 0 Å². The van der Waals surface area contributed by atoms with Crippen LogP contribution in [0.5, 0.6) is 0 Å². The van der Waals surface area contributed by atoms with Gasteiger partial charge in [0.05, 0.1) is 0 Å². The van der Waals surface area contributed by atoms with E-state index in [1.54, 1.807) is 6.20 Å². The predicted octanol–water partition coefficient (Wildman–Crippen LogP) is 4.11. The van der Waals surface area contributed by atoms with Gasteiger partial charge in [-0.2, -0.15) is 18.4 Å². The van der Waals surface area contributed by atoms with Crippen molar-refractivity contribution in [2.24, 2.45) is 0 Å². The van der Waals surface area contributed by atoms with Crippen molar-refractivity contribution in [2.45, 2.75) is 16.2 Å². The van der Waals surface area contributed by atoms with E-state index in [0.29, 0.717) is 5.03 Å². The number of hydrogen-bond acceptors (Lipinski definition) is 6. The molecule has 3 rings (SSSR count). The maximum atomic E-state index is 11.0. The van der Waals surface area contributed by atoms with E-state index in [4.69, 9.17) is 15.0 Å². The number of rotatable bonds is 4. The van der Waals surface area contributed by atoms with Crippen LogP contribution in [0.15, 0.2) is 57.1 Å². The summed E-state index contributed by atoms with van der Waals surface area (Å²) in [5.74, 6) is -3.88. The van der Waals surface area contributed by atoms with Crippen LogP contribution >= 0.6 is 27.7 Å². The topological polar surface area (TPSA) is 129 Å². The Balaban J connectivity index is 0.000000370. The molecule has 0 saturated heterocycles. The van der Waals surface area contributed by atoms with E-state index in [-0.39, 0.29) is 10.7 Å². The lowest BCUT2D eigenvalue weighted by Gasteiger charge is -2.03. The minimum absolute atomic E-state index is 0.108. The fourth-order valence-electron chi connectivity index (χ4n) is 1.78. The molecule has 152 valence electrons. The molecule has 0 unspecified atom stereocenters. The summed E-state index contributed by atoms with van der Waals surface area (Å²) in [6, 6.07) is 11.7. The first-order chi connectivity index (χ1) is 13.6. The number of pyridine rings is 1. The van der Waals surface area contributed by atoms with Gasteiger partial charge < -0.3 is 10.2 Å². The molecule has 0 aliphatic heterocycles. The monoisotopic (exact) mass is 490 g/mol. The molecule has 0 spiro atoms. The molecule has 0 atom stereocenters. The molecule has 0 aliphatic rings. The van der Waals surface area contributed by atoms with E-state index in [0.717, 1.165) is 27.4 Å². The quantitative estimate of drug-likeness (QED) is 0.498. The van der Waals surface area contributed by atoms with Gasteiger partial charge in [-0.05, 0) is 35.5 Å². The van der Waals surface area contributed by atoms with Crippen LogP contribution in [0.2, 0.25) is 0 Å². The van der Waals surface area contributed by atoms with E-state index in [1.807, 2.05) is 36.4 Å². The van der Waals surface area contributed by atoms with Gasteiger partial charge in [0.1, 0.15) is 5.03 Å². The highest BCUT2D eigenvalue weighted by Crippen LogP contribution is 2.28. The first-order valence-electron chi connectivity index (χ1n) is 7.42. The van der Waals surface area contributed by atoms with Crippen molar-refractivity contribution in [1.82, 2.24) is 20.4 Å². The third-order valence-corrected chi connectivity index (χ3v) is 4.53. The molecular weight excluding hydrogens is 481 g/mol. The van der Waals surface area contributed by atoms with E-state index >= 15 is 0 Å². The van der Waals surface area contributed by atoms with Gasteiger partial charge >= 0.3 is 18.1 Å². The first kappa shape index (κ1) is 22.4. The summed E-state index contributed by atoms with van der Waals surface area (Å²) in [4.78, 5) is 24.2. The summed E-state index contributed by atoms with van der Waals surface area (Å²) in [7, 11) is 0. The summed E-state index contributed by atoms with van der Waals surface area (Å²) >= 11 is 4.55. The zero-order chi connectivity index (χ0) is 21.6. The SMILES string of the molecule is O=C(O)C(F)(F)F.O=C(O)c1n[nH]nc1Sc1ccc(-c2ccc(Br)cc2)cn1. The average Bonchev–Trinajstić information content (AvgIpc) is 3.11. The lowest BCUT2D eigenvalue weighted by Crippen LogP contribution is -2.21. The summed E-state index contributed by atoms with van der Waals surface area (Å²) in [6.45, 7) is 0. The Hall–Kier alpha value is -2.93. The first-order valence-corrected chi connectivity index (χ1v) is 9.03. The Morgan fingerprint density at radius 1 is 1.00 bits per heavy atom. The van der Waals surface area contributed by atoms with Crippen molar-refractivity contribution >= 4 is 39.6 Å². The third kappa shape index (κ3) is 6.57. The number of aromatic amines is 1. The maximum absolute atomic E-state index is 11.0. The highest BCUT2D eigenvalue weighted by Gasteiger charge is 2.38. The Morgan fingerprint density at radius 3 is 2.07 bits per heavy atom. The Labute approximate surface area is 173 Å². The fraction of sp³-hybridized carbons (Fsp3) is 0.0625. The minimum atomic E-state index is -5.08. The second kappa shape index (κ2) is 9.52. The van der Waals surface area contributed by atoms with Crippen molar-refractivity contribution in [3.63, 3.8) is 0 Å². The summed E-state index contributed by atoms with van der Waals surface area (Å²) in [5.41, 5.74) is 1.93. The third-order valence-electron chi connectivity index (χ3n) is 3.08. The molecule has 2 aromatic heterocycles. The number of H-pyrrole nitrogens is 1. The average molecular weight is 491 g/mol. The van der Waals surface area contributed by atoms with Gasteiger partial charge in [-0.15, -0.1) is 10.2 Å². The van der Waals surface area contributed by atoms with Gasteiger partial charge in [0.25, 0.3) is 0 Å². The van der Waals surface area contributed by atoms with Crippen molar-refractivity contribution in [1.29, 1.82) is 0 Å². The fourth-order valence-corrected chi connectivity index (χ4v) is 2.80. The standard InChI is InChI=1S/C14H9BrN4O2S.C2HF3O2/c15-10-4-1-8(2-5-10)9-3-6-11(16-7-9)22-13-12(14(20)21)17-19-18-13;3-2(4,5)1(6)7/h1-7H,(H,20,21)(H,17,18,19);(H,6,7). The van der Waals surface area contributed by atoms with Crippen molar-refractivity contribution in [3.05, 3.63) is 52.8 Å². The smallest absolute Gasteiger partial charge is 0.476 e. The van der Waals surface area contributed by atoms with Crippen LogP contribution in [-0.4, -0.2) is 48.7 Å². The lowest BCUT2D eigenvalue weighted by atomic mass is 10.1. The van der Waals surface area contributed by atoms with E-state index < -0.39 is 18.1 Å². The molecule has 3 N–H and O–H groups in total. The molecule has 0 saturated carbocycles. The highest BCUT2D eigenvalue weighted by molar-refractivity contribution is 9.10. The summed E-state index contributed by atoms with van der Waals surface area (Å²) in [5, 5.41) is 26.8. The van der Waals surface area contributed by atoms with Crippen LogP contribution < -0.4 is 0 Å². The van der Waals surface area contributed by atoms with Crippen LogP contribution in [-0.2, 0) is 4.79 Å². The maximum Gasteiger partial charge on any atom is 0.490 e. The molecule has 1 aromatic carbocycles. The van der Waals surface area contributed by atoms with Crippen molar-refractivity contribution < 1.29 is 33.0 Å². The van der Waals surface area contributed by atoms with E-state index in [9.17, 15) is 18.0 Å². The van der Waals surface area contributed by atoms with Gasteiger partial charge in [0, 0.05) is 16.2 Å². The number of nitrogens with one attached hydrogen (secondary N) is 1. The summed E-state index contributed by atoms with van der Waals surface area (Å²) < 4.78 is 32.8. The van der Waals surface area contributed by atoms with Gasteiger partial charge in [-0.3, -0.25) is 0 Å². The molecule has 8 nitrogen and oxygen atoms in total. The number of aliphatic carboxylic acids is 1. The number of alkyl halides is 3. The van der Waals surface area contributed by atoms with Crippen LogP contribution in [0.3, 0.4) is 0 Å². The molecule has 0 bridgehead atoms. The van der Waals surface area contributed by atoms with E-state index in [1.165, 1.54) is 0 Å². The predicted molar refractivity (Wildman–Crippen MR) is 98.5 cm³/mol. The Kier molecular flexibility index (Phi) is 7.34. The van der Waals surface area contributed by atoms with Crippen LogP contribution in [0.25, 0.3) is 11.1 Å². The zero-order valence-electron chi connectivity index (χ0n) is 14.0. The van der Waals surface area contributed by atoms with Gasteiger partial charge in [0.2, 0.25) is 5.69 Å². The number of hydrogen-bond donors (Lipinski definition) is 3. The number of carboxylic acid groups (broad SMARTS) is 2. The second-order valence-electron chi connectivity index (χ2n) is 5.08. The van der Waals surface area contributed by atoms with Gasteiger partial charge in [-0.25, -0.2) is 14.6 Å². The summed E-state index contributed by atoms with van der Waals surface area (Å²) in [6.07, 6.45) is -3.34. The number of carbonyl (C=O) groups is 2. The van der Waals surface area contributed by atoms with Gasteiger partial charge in [-0.1, -0.05) is 34.1 Å². The zero-order valence-corrected chi connectivity index (χ0v) is 16.4. The largest absolute Gasteiger partial charge is 0.490 e. The Morgan fingerprint density at radius 2 is 1.59 bits per heavy atom. The van der Waals surface area contributed by atoms with Crippen molar-refractivity contribution in [3.8, 4) is 11.1 Å². The normalized spacial score (nSPS) is 10.8. The molecule has 0 aliphatic carbocycles. The molecule has 0 fully saturated rings. The number of benzene rings is 1. The molecule has 2 heterocycles. The molecule has 13 heteroatoms. The van der Waals surface area contributed by atoms with Crippen LogP contribution in [0.4, 0.5) is 13.2 Å².